The minimum Gasteiger partial charge on any atom is -0.466 e. The van der Waals surface area contributed by atoms with Gasteiger partial charge in [-0.3, -0.25) is 9.59 Å². The van der Waals surface area contributed by atoms with Crippen LogP contribution in [0.5, 0.6) is 0 Å². The fourth-order valence-corrected chi connectivity index (χ4v) is 4.18. The van der Waals surface area contributed by atoms with E-state index in [1.807, 2.05) is 31.2 Å². The molecule has 1 aliphatic carbocycles. The third-order valence-electron chi connectivity index (χ3n) is 5.63. The summed E-state index contributed by atoms with van der Waals surface area (Å²) in [5.41, 5.74) is 1.67. The van der Waals surface area contributed by atoms with Crippen LogP contribution in [0.3, 0.4) is 0 Å². The molecular weight excluding hydrogens is 352 g/mol. The van der Waals surface area contributed by atoms with Crippen LogP contribution in [0.1, 0.15) is 44.6 Å². The molecule has 0 spiro atoms. The summed E-state index contributed by atoms with van der Waals surface area (Å²) < 4.78 is 4.94. The Kier molecular flexibility index (Phi) is 7.47. The van der Waals surface area contributed by atoms with Gasteiger partial charge in [0, 0.05) is 18.7 Å². The number of anilines is 1. The molecule has 144 valence electrons. The maximum absolute atomic E-state index is 12.9. The van der Waals surface area contributed by atoms with Gasteiger partial charge in [0.2, 0.25) is 5.91 Å². The Bertz CT molecular complexity index is 620. The molecule has 0 unspecified atom stereocenters. The van der Waals surface area contributed by atoms with E-state index in [2.05, 4.69) is 10.6 Å². The summed E-state index contributed by atoms with van der Waals surface area (Å²) in [6.07, 6.45) is 5.54. The van der Waals surface area contributed by atoms with Crippen molar-refractivity contribution < 1.29 is 14.3 Å². The van der Waals surface area contributed by atoms with Crippen molar-refractivity contribution in [2.45, 2.75) is 45.4 Å². The number of esters is 1. The zero-order valence-electron chi connectivity index (χ0n) is 15.4. The smallest absolute Gasteiger partial charge is 0.306 e. The second kappa shape index (κ2) is 9.38. The van der Waals surface area contributed by atoms with Crippen LogP contribution in [-0.2, 0) is 20.7 Å². The van der Waals surface area contributed by atoms with Gasteiger partial charge in [-0.05, 0) is 56.3 Å². The van der Waals surface area contributed by atoms with E-state index in [-0.39, 0.29) is 29.7 Å². The molecule has 1 amide bonds. The Morgan fingerprint density at radius 2 is 2.04 bits per heavy atom. The summed E-state index contributed by atoms with van der Waals surface area (Å²) >= 11 is 0. The quantitative estimate of drug-likeness (QED) is 0.743. The highest BCUT2D eigenvalue weighted by Gasteiger charge is 2.49. The van der Waals surface area contributed by atoms with Crippen LogP contribution in [0.2, 0.25) is 0 Å². The lowest BCUT2D eigenvalue weighted by molar-refractivity contribution is -0.143. The van der Waals surface area contributed by atoms with Gasteiger partial charge in [0.05, 0.1) is 12.0 Å². The molecule has 1 aromatic rings. The molecule has 2 aliphatic rings. The second-order valence-electron chi connectivity index (χ2n) is 7.19. The number of fused-ring (bicyclic) bond motifs is 1. The molecule has 2 atom stereocenters. The van der Waals surface area contributed by atoms with Crippen molar-refractivity contribution in [3.63, 3.8) is 0 Å². The molecule has 0 aromatic heterocycles. The maximum atomic E-state index is 12.9. The minimum absolute atomic E-state index is 0. The van der Waals surface area contributed by atoms with Gasteiger partial charge in [0.25, 0.3) is 0 Å². The Morgan fingerprint density at radius 3 is 2.77 bits per heavy atom. The monoisotopic (exact) mass is 380 g/mol. The van der Waals surface area contributed by atoms with Crippen LogP contribution in [0, 0.1) is 11.3 Å². The Hall–Kier alpha value is -1.59. The first kappa shape index (κ1) is 20.7. The van der Waals surface area contributed by atoms with Gasteiger partial charge in [-0.1, -0.05) is 25.0 Å². The standard InChI is InChI=1S/C20H28N2O3.ClH/c1-2-25-18(23)11-8-15-6-9-17(10-7-15)22-19(24)20-12-4-3-5-16(20)13-21-14-20;/h6-7,9-10,16,21H,2-5,8,11-14H2,1H3,(H,22,24);1H/t16-,20+;/m0./s1. The summed E-state index contributed by atoms with van der Waals surface area (Å²) in [6, 6.07) is 7.79. The molecule has 1 saturated carbocycles. The molecule has 3 rings (SSSR count). The van der Waals surface area contributed by atoms with Crippen molar-refractivity contribution in [3.8, 4) is 0 Å². The van der Waals surface area contributed by atoms with Crippen LogP contribution >= 0.6 is 12.4 Å². The maximum Gasteiger partial charge on any atom is 0.306 e. The first-order valence-electron chi connectivity index (χ1n) is 9.41. The Balaban J connectivity index is 0.00000243. The number of hydrogen-bond acceptors (Lipinski definition) is 4. The number of aryl methyl sites for hydroxylation is 1. The van der Waals surface area contributed by atoms with Gasteiger partial charge in [0.1, 0.15) is 0 Å². The number of carbonyl (C=O) groups is 2. The van der Waals surface area contributed by atoms with E-state index in [4.69, 9.17) is 4.74 Å². The van der Waals surface area contributed by atoms with Gasteiger partial charge in [-0.2, -0.15) is 0 Å². The van der Waals surface area contributed by atoms with Crippen molar-refractivity contribution in [2.75, 3.05) is 25.0 Å². The number of ether oxygens (including phenoxy) is 1. The Morgan fingerprint density at radius 1 is 1.27 bits per heavy atom. The zero-order chi connectivity index (χ0) is 17.7. The van der Waals surface area contributed by atoms with Crippen molar-refractivity contribution in [2.24, 2.45) is 11.3 Å². The number of hydrogen-bond donors (Lipinski definition) is 2. The van der Waals surface area contributed by atoms with Gasteiger partial charge in [-0.25, -0.2) is 0 Å². The summed E-state index contributed by atoms with van der Waals surface area (Å²) in [5, 5.41) is 6.53. The number of halogens is 1. The normalized spacial score (nSPS) is 24.3. The molecule has 1 saturated heterocycles. The van der Waals surface area contributed by atoms with E-state index in [0.717, 1.165) is 43.6 Å². The SMILES string of the molecule is CCOC(=O)CCc1ccc(NC(=O)[C@@]23CCCC[C@H]2CNC3)cc1.Cl. The first-order chi connectivity index (χ1) is 12.1. The molecule has 6 heteroatoms. The van der Waals surface area contributed by atoms with Crippen molar-refractivity contribution >= 4 is 30.0 Å². The molecular formula is C20H29ClN2O3. The van der Waals surface area contributed by atoms with E-state index in [0.29, 0.717) is 25.4 Å². The predicted molar refractivity (Wildman–Crippen MR) is 105 cm³/mol. The number of rotatable bonds is 6. The van der Waals surface area contributed by atoms with E-state index >= 15 is 0 Å². The number of carbonyl (C=O) groups excluding carboxylic acids is 2. The average molecular weight is 381 g/mol. The molecule has 2 N–H and O–H groups in total. The summed E-state index contributed by atoms with van der Waals surface area (Å²) in [4.78, 5) is 24.4. The number of amides is 1. The van der Waals surface area contributed by atoms with E-state index in [9.17, 15) is 9.59 Å². The van der Waals surface area contributed by atoms with E-state index in [1.54, 1.807) is 0 Å². The fraction of sp³-hybridized carbons (Fsp3) is 0.600. The van der Waals surface area contributed by atoms with Crippen molar-refractivity contribution in [1.29, 1.82) is 0 Å². The topological polar surface area (TPSA) is 67.4 Å². The molecule has 1 aromatic carbocycles. The minimum atomic E-state index is -0.235. The van der Waals surface area contributed by atoms with Crippen LogP contribution in [0.25, 0.3) is 0 Å². The van der Waals surface area contributed by atoms with Gasteiger partial charge in [0.15, 0.2) is 0 Å². The van der Waals surface area contributed by atoms with E-state index in [1.165, 1.54) is 6.42 Å². The Labute approximate surface area is 161 Å². The summed E-state index contributed by atoms with van der Waals surface area (Å²) in [6.45, 7) is 3.98. The molecule has 26 heavy (non-hydrogen) atoms. The van der Waals surface area contributed by atoms with Crippen LogP contribution in [0.15, 0.2) is 24.3 Å². The average Bonchev–Trinajstić information content (AvgIpc) is 3.07. The third-order valence-corrected chi connectivity index (χ3v) is 5.63. The largest absolute Gasteiger partial charge is 0.466 e. The molecule has 0 radical (unpaired) electrons. The lowest BCUT2D eigenvalue weighted by Gasteiger charge is -2.37. The van der Waals surface area contributed by atoms with Crippen LogP contribution in [0.4, 0.5) is 5.69 Å². The highest BCUT2D eigenvalue weighted by Crippen LogP contribution is 2.44. The van der Waals surface area contributed by atoms with Gasteiger partial charge >= 0.3 is 5.97 Å². The molecule has 2 fully saturated rings. The number of benzene rings is 1. The molecule has 0 bridgehead atoms. The molecule has 5 nitrogen and oxygen atoms in total. The lowest BCUT2D eigenvalue weighted by Crippen LogP contribution is -2.44. The third kappa shape index (κ3) is 4.57. The lowest BCUT2D eigenvalue weighted by atomic mass is 9.67. The van der Waals surface area contributed by atoms with Gasteiger partial charge in [-0.15, -0.1) is 12.4 Å². The first-order valence-corrected chi connectivity index (χ1v) is 9.41. The second-order valence-corrected chi connectivity index (χ2v) is 7.19. The molecule has 1 aliphatic heterocycles. The predicted octanol–water partition coefficient (Wildman–Crippen LogP) is 3.32. The highest BCUT2D eigenvalue weighted by atomic mass is 35.5. The van der Waals surface area contributed by atoms with E-state index < -0.39 is 0 Å². The molecule has 1 heterocycles. The zero-order valence-corrected chi connectivity index (χ0v) is 16.2. The number of nitrogens with one attached hydrogen (secondary N) is 2. The fourth-order valence-electron chi connectivity index (χ4n) is 4.18. The highest BCUT2D eigenvalue weighted by molar-refractivity contribution is 5.96. The summed E-state index contributed by atoms with van der Waals surface area (Å²) in [7, 11) is 0. The van der Waals surface area contributed by atoms with Gasteiger partial charge < -0.3 is 15.4 Å². The van der Waals surface area contributed by atoms with Crippen LogP contribution < -0.4 is 10.6 Å². The van der Waals surface area contributed by atoms with Crippen LogP contribution in [-0.4, -0.2) is 31.6 Å². The van der Waals surface area contributed by atoms with Crippen molar-refractivity contribution in [1.82, 2.24) is 5.32 Å². The van der Waals surface area contributed by atoms with Crippen molar-refractivity contribution in [3.05, 3.63) is 29.8 Å². The summed E-state index contributed by atoms with van der Waals surface area (Å²) in [5.74, 6) is 0.447.